The van der Waals surface area contributed by atoms with Crippen molar-refractivity contribution in [2.45, 2.75) is 30.7 Å². The highest BCUT2D eigenvalue weighted by Gasteiger charge is 2.26. The Bertz CT molecular complexity index is 515. The Kier molecular flexibility index (Phi) is 5.03. The number of halogens is 1. The highest BCUT2D eigenvalue weighted by molar-refractivity contribution is 9.09. The van der Waals surface area contributed by atoms with Crippen molar-refractivity contribution < 1.29 is 8.42 Å². The average Bonchev–Trinajstić information content (AvgIpc) is 2.84. The van der Waals surface area contributed by atoms with E-state index in [1.54, 1.807) is 7.05 Å². The summed E-state index contributed by atoms with van der Waals surface area (Å²) in [6, 6.07) is 1.52. The minimum atomic E-state index is -3.44. The Morgan fingerprint density at radius 1 is 1.42 bits per heavy atom. The Labute approximate surface area is 122 Å². The Morgan fingerprint density at radius 2 is 2.11 bits per heavy atom. The van der Waals surface area contributed by atoms with Gasteiger partial charge in [-0.3, -0.25) is 4.68 Å². The van der Waals surface area contributed by atoms with Crippen LogP contribution in [-0.4, -0.2) is 30.1 Å². The second-order valence-electron chi connectivity index (χ2n) is 5.10. The second-order valence-corrected chi connectivity index (χ2v) is 7.47. The molecule has 2 unspecified atom stereocenters. The molecule has 19 heavy (non-hydrogen) atoms. The minimum Gasteiger partial charge on any atom is -0.256 e. The molecule has 2 atom stereocenters. The van der Waals surface area contributed by atoms with Gasteiger partial charge in [0.05, 0.1) is 6.20 Å². The number of hydrogen-bond acceptors (Lipinski definition) is 3. The van der Waals surface area contributed by atoms with Crippen LogP contribution in [0.25, 0.3) is 0 Å². The number of alkyl halides is 1. The lowest BCUT2D eigenvalue weighted by atomic mass is 9.80. The van der Waals surface area contributed by atoms with Crippen LogP contribution in [0.2, 0.25) is 0 Å². The van der Waals surface area contributed by atoms with Crippen LogP contribution in [0.4, 0.5) is 0 Å². The third kappa shape index (κ3) is 3.58. The molecule has 2 rings (SSSR count). The maximum atomic E-state index is 12.2. The molecule has 5 nitrogen and oxygen atoms in total. The Hall–Kier alpha value is -0.400. The van der Waals surface area contributed by atoms with E-state index in [1.165, 1.54) is 36.2 Å². The molecule has 1 heterocycles. The fourth-order valence-electron chi connectivity index (χ4n) is 2.67. The van der Waals surface area contributed by atoms with Crippen LogP contribution in [0.3, 0.4) is 0 Å². The molecule has 108 valence electrons. The van der Waals surface area contributed by atoms with Gasteiger partial charge in [-0.05, 0) is 30.7 Å². The van der Waals surface area contributed by atoms with Crippen molar-refractivity contribution in [1.82, 2.24) is 14.5 Å². The lowest BCUT2D eigenvalue weighted by Crippen LogP contribution is -2.35. The van der Waals surface area contributed by atoms with E-state index >= 15 is 0 Å². The number of aromatic nitrogens is 2. The van der Waals surface area contributed by atoms with E-state index < -0.39 is 10.0 Å². The van der Waals surface area contributed by atoms with Gasteiger partial charge in [-0.2, -0.15) is 5.10 Å². The van der Waals surface area contributed by atoms with Crippen LogP contribution in [0.5, 0.6) is 0 Å². The van der Waals surface area contributed by atoms with E-state index in [9.17, 15) is 8.42 Å². The zero-order valence-electron chi connectivity index (χ0n) is 11.0. The van der Waals surface area contributed by atoms with Gasteiger partial charge in [0.15, 0.2) is 5.03 Å². The minimum absolute atomic E-state index is 0.221. The van der Waals surface area contributed by atoms with E-state index in [0.29, 0.717) is 18.4 Å². The van der Waals surface area contributed by atoms with Gasteiger partial charge < -0.3 is 0 Å². The number of nitrogens with one attached hydrogen (secondary N) is 1. The fraction of sp³-hybridized carbons (Fsp3) is 0.750. The summed E-state index contributed by atoms with van der Waals surface area (Å²) in [6.45, 7) is 0.518. The van der Waals surface area contributed by atoms with Crippen molar-refractivity contribution in [3.05, 3.63) is 12.3 Å². The largest absolute Gasteiger partial charge is 0.257 e. The maximum Gasteiger partial charge on any atom is 0.257 e. The van der Waals surface area contributed by atoms with Crippen LogP contribution in [0, 0.1) is 11.8 Å². The molecule has 1 aromatic heterocycles. The van der Waals surface area contributed by atoms with Crippen molar-refractivity contribution in [1.29, 1.82) is 0 Å². The molecule has 1 aromatic rings. The lowest BCUT2D eigenvalue weighted by Gasteiger charge is -2.30. The SMILES string of the molecule is Cn1nccc1S(=O)(=O)NCC1CCCCC1CBr. The molecule has 1 N–H and O–H groups in total. The highest BCUT2D eigenvalue weighted by Crippen LogP contribution is 2.31. The van der Waals surface area contributed by atoms with Crippen molar-refractivity contribution >= 4 is 26.0 Å². The molecule has 0 saturated heterocycles. The molecule has 7 heteroatoms. The van der Waals surface area contributed by atoms with Gasteiger partial charge in [0, 0.05) is 18.9 Å². The molecule has 0 aromatic carbocycles. The average molecular weight is 350 g/mol. The van der Waals surface area contributed by atoms with Crippen LogP contribution < -0.4 is 4.72 Å². The second kappa shape index (κ2) is 6.37. The Balaban J connectivity index is 2.00. The molecule has 0 spiro atoms. The molecule has 1 saturated carbocycles. The number of nitrogens with zero attached hydrogens (tertiary/aromatic N) is 2. The topological polar surface area (TPSA) is 64.0 Å². The molecule has 0 bridgehead atoms. The van der Waals surface area contributed by atoms with Gasteiger partial charge in [0.2, 0.25) is 0 Å². The number of aryl methyl sites for hydroxylation is 1. The zero-order chi connectivity index (χ0) is 13.9. The summed E-state index contributed by atoms with van der Waals surface area (Å²) in [5, 5.41) is 5.07. The Morgan fingerprint density at radius 3 is 2.68 bits per heavy atom. The van der Waals surface area contributed by atoms with Gasteiger partial charge in [-0.1, -0.05) is 28.8 Å². The summed E-state index contributed by atoms with van der Waals surface area (Å²) >= 11 is 3.53. The smallest absolute Gasteiger partial charge is 0.256 e. The van der Waals surface area contributed by atoms with Crippen LogP contribution >= 0.6 is 15.9 Å². The van der Waals surface area contributed by atoms with Crippen LogP contribution in [0.15, 0.2) is 17.3 Å². The number of sulfonamides is 1. The fourth-order valence-corrected chi connectivity index (χ4v) is 4.74. The molecule has 1 fully saturated rings. The van der Waals surface area contributed by atoms with Crippen molar-refractivity contribution in [2.24, 2.45) is 18.9 Å². The number of rotatable bonds is 5. The van der Waals surface area contributed by atoms with Crippen molar-refractivity contribution in [2.75, 3.05) is 11.9 Å². The third-order valence-electron chi connectivity index (χ3n) is 3.85. The molecular weight excluding hydrogens is 330 g/mol. The highest BCUT2D eigenvalue weighted by atomic mass is 79.9. The molecule has 0 radical (unpaired) electrons. The first-order chi connectivity index (χ1) is 9.04. The summed E-state index contributed by atoms with van der Waals surface area (Å²) < 4.78 is 28.4. The van der Waals surface area contributed by atoms with E-state index in [4.69, 9.17) is 0 Å². The maximum absolute atomic E-state index is 12.2. The standard InChI is InChI=1S/C12H20BrN3O2S/c1-16-12(6-7-14-16)19(17,18)15-9-11-5-3-2-4-10(11)8-13/h6-7,10-11,15H,2-5,8-9H2,1H3. The summed E-state index contributed by atoms with van der Waals surface area (Å²) in [5.74, 6) is 0.999. The summed E-state index contributed by atoms with van der Waals surface area (Å²) in [6.07, 6.45) is 6.23. The normalized spacial score (nSPS) is 24.5. The summed E-state index contributed by atoms with van der Waals surface area (Å²) in [5.41, 5.74) is 0. The first kappa shape index (κ1) is 15.0. The van der Waals surface area contributed by atoms with Gasteiger partial charge in [-0.15, -0.1) is 0 Å². The van der Waals surface area contributed by atoms with Gasteiger partial charge in [0.25, 0.3) is 10.0 Å². The zero-order valence-corrected chi connectivity index (χ0v) is 13.5. The molecule has 0 amide bonds. The quantitative estimate of drug-likeness (QED) is 0.825. The van der Waals surface area contributed by atoms with Crippen LogP contribution in [0.1, 0.15) is 25.7 Å². The predicted octanol–water partition coefficient (Wildman–Crippen LogP) is 1.90. The molecular formula is C12H20BrN3O2S. The van der Waals surface area contributed by atoms with Gasteiger partial charge in [-0.25, -0.2) is 13.1 Å². The number of hydrogen-bond donors (Lipinski definition) is 1. The lowest BCUT2D eigenvalue weighted by molar-refractivity contribution is 0.263. The molecule has 0 aliphatic heterocycles. The van der Waals surface area contributed by atoms with E-state index in [1.807, 2.05) is 0 Å². The van der Waals surface area contributed by atoms with Crippen molar-refractivity contribution in [3.63, 3.8) is 0 Å². The van der Waals surface area contributed by atoms with Gasteiger partial charge >= 0.3 is 0 Å². The van der Waals surface area contributed by atoms with Gasteiger partial charge in [0.1, 0.15) is 0 Å². The third-order valence-corrected chi connectivity index (χ3v) is 6.18. The monoisotopic (exact) mass is 349 g/mol. The van der Waals surface area contributed by atoms with E-state index in [2.05, 4.69) is 25.8 Å². The first-order valence-electron chi connectivity index (χ1n) is 6.58. The first-order valence-corrected chi connectivity index (χ1v) is 9.18. The van der Waals surface area contributed by atoms with Crippen LogP contribution in [-0.2, 0) is 17.1 Å². The summed E-state index contributed by atoms with van der Waals surface area (Å²) in [7, 11) is -1.81. The molecule has 1 aliphatic rings. The summed E-state index contributed by atoms with van der Waals surface area (Å²) in [4.78, 5) is 0. The van der Waals surface area contributed by atoms with E-state index in [-0.39, 0.29) is 5.03 Å². The van der Waals surface area contributed by atoms with E-state index in [0.717, 1.165) is 11.8 Å². The molecule has 1 aliphatic carbocycles. The predicted molar refractivity (Wildman–Crippen MR) is 77.6 cm³/mol. The van der Waals surface area contributed by atoms with Crippen molar-refractivity contribution in [3.8, 4) is 0 Å².